The van der Waals surface area contributed by atoms with Crippen LogP contribution in [-0.4, -0.2) is 12.0 Å². The summed E-state index contributed by atoms with van der Waals surface area (Å²) >= 11 is 5.96. The van der Waals surface area contributed by atoms with Crippen molar-refractivity contribution in [2.24, 2.45) is 0 Å². The number of benzene rings is 1. The first-order valence-corrected chi connectivity index (χ1v) is 5.73. The number of hydrogen-bond acceptors (Lipinski definition) is 3. The van der Waals surface area contributed by atoms with Crippen LogP contribution in [0.4, 0.5) is 5.82 Å². The van der Waals surface area contributed by atoms with E-state index in [4.69, 9.17) is 17.3 Å². The lowest BCUT2D eigenvalue weighted by Crippen LogP contribution is -2.19. The third kappa shape index (κ3) is 2.57. The Labute approximate surface area is 106 Å². The number of nitrogens with zero attached hydrogens (tertiary/aromatic N) is 1. The molecule has 1 aromatic carbocycles. The molecule has 0 radical (unpaired) electrons. The van der Waals surface area contributed by atoms with E-state index in [0.29, 0.717) is 10.8 Å². The number of hydrogen-bond donors (Lipinski definition) is 2. The van der Waals surface area contributed by atoms with Gasteiger partial charge in [-0.1, -0.05) is 41.9 Å². The molecule has 3 N–H and O–H groups in total. The van der Waals surface area contributed by atoms with Crippen molar-refractivity contribution >= 4 is 17.4 Å². The number of rotatable bonds is 3. The fourth-order valence-electron chi connectivity index (χ4n) is 1.84. The van der Waals surface area contributed by atoms with Crippen LogP contribution in [0.3, 0.4) is 0 Å². The molecule has 0 saturated carbocycles. The zero-order valence-electron chi connectivity index (χ0n) is 9.52. The Morgan fingerprint density at radius 3 is 2.65 bits per heavy atom. The van der Waals surface area contributed by atoms with Gasteiger partial charge >= 0.3 is 0 Å². The largest absolute Gasteiger partial charge is 0.383 e. The summed E-state index contributed by atoms with van der Waals surface area (Å²) in [7, 11) is 1.89. The molecular weight excluding hydrogens is 234 g/mol. The molecule has 0 aliphatic heterocycles. The molecule has 1 atom stereocenters. The Balaban J connectivity index is 2.46. The summed E-state index contributed by atoms with van der Waals surface area (Å²) in [5, 5.41) is 3.81. The van der Waals surface area contributed by atoms with E-state index in [0.717, 1.165) is 11.1 Å². The van der Waals surface area contributed by atoms with E-state index in [1.165, 1.54) is 0 Å². The molecule has 1 heterocycles. The highest BCUT2D eigenvalue weighted by atomic mass is 35.5. The first-order chi connectivity index (χ1) is 8.22. The fraction of sp³-hybridized carbons (Fsp3) is 0.154. The molecule has 1 unspecified atom stereocenters. The molecule has 1 aromatic heterocycles. The standard InChI is InChI=1S/C13H14ClN3/c1-16-12(9-5-3-2-4-6-9)11-7-10(14)8-17-13(11)15/h2-8,12,16H,1H3,(H2,15,17). The second kappa shape index (κ2) is 5.17. The molecule has 2 aromatic rings. The molecule has 0 aliphatic rings. The molecule has 0 spiro atoms. The second-order valence-electron chi connectivity index (χ2n) is 3.76. The summed E-state index contributed by atoms with van der Waals surface area (Å²) in [5.41, 5.74) is 7.92. The number of anilines is 1. The van der Waals surface area contributed by atoms with Gasteiger partial charge in [-0.2, -0.15) is 0 Å². The Morgan fingerprint density at radius 2 is 2.00 bits per heavy atom. The summed E-state index contributed by atoms with van der Waals surface area (Å²) in [6, 6.07) is 11.9. The monoisotopic (exact) mass is 247 g/mol. The highest BCUT2D eigenvalue weighted by molar-refractivity contribution is 6.30. The van der Waals surface area contributed by atoms with Gasteiger partial charge in [0.1, 0.15) is 5.82 Å². The van der Waals surface area contributed by atoms with E-state index in [9.17, 15) is 0 Å². The van der Waals surface area contributed by atoms with Crippen LogP contribution in [0.25, 0.3) is 0 Å². The highest BCUT2D eigenvalue weighted by Crippen LogP contribution is 2.27. The van der Waals surface area contributed by atoms with Crippen molar-refractivity contribution < 1.29 is 0 Å². The van der Waals surface area contributed by atoms with Gasteiger partial charge in [0.25, 0.3) is 0 Å². The minimum Gasteiger partial charge on any atom is -0.383 e. The van der Waals surface area contributed by atoms with Crippen LogP contribution in [0.15, 0.2) is 42.6 Å². The second-order valence-corrected chi connectivity index (χ2v) is 4.20. The number of pyridine rings is 1. The molecule has 0 fully saturated rings. The minimum atomic E-state index is 0.00222. The maximum absolute atomic E-state index is 5.96. The average Bonchev–Trinajstić information content (AvgIpc) is 2.36. The normalized spacial score (nSPS) is 12.4. The molecule has 0 amide bonds. The molecular formula is C13H14ClN3. The van der Waals surface area contributed by atoms with Crippen molar-refractivity contribution in [3.05, 3.63) is 58.7 Å². The summed E-state index contributed by atoms with van der Waals surface area (Å²) in [4.78, 5) is 4.08. The van der Waals surface area contributed by atoms with Crippen LogP contribution in [0, 0.1) is 0 Å². The SMILES string of the molecule is CNC(c1ccccc1)c1cc(Cl)cnc1N. The Bertz CT molecular complexity index is 499. The van der Waals surface area contributed by atoms with Crippen LogP contribution < -0.4 is 11.1 Å². The van der Waals surface area contributed by atoms with Crippen molar-refractivity contribution in [2.45, 2.75) is 6.04 Å². The van der Waals surface area contributed by atoms with Crippen LogP contribution in [0.1, 0.15) is 17.2 Å². The quantitative estimate of drug-likeness (QED) is 0.877. The molecule has 0 aliphatic carbocycles. The first kappa shape index (κ1) is 11.9. The number of nitrogens with one attached hydrogen (secondary N) is 1. The lowest BCUT2D eigenvalue weighted by atomic mass is 9.99. The Kier molecular flexibility index (Phi) is 3.61. The predicted molar refractivity (Wildman–Crippen MR) is 71.0 cm³/mol. The van der Waals surface area contributed by atoms with Gasteiger partial charge in [-0.25, -0.2) is 4.98 Å². The van der Waals surface area contributed by atoms with Crippen LogP contribution in [0.5, 0.6) is 0 Å². The lowest BCUT2D eigenvalue weighted by molar-refractivity contribution is 0.691. The van der Waals surface area contributed by atoms with Crippen LogP contribution in [0.2, 0.25) is 5.02 Å². The summed E-state index contributed by atoms with van der Waals surface area (Å²) in [6.07, 6.45) is 1.55. The first-order valence-electron chi connectivity index (χ1n) is 5.35. The van der Waals surface area contributed by atoms with Gasteiger partial charge in [-0.05, 0) is 18.7 Å². The molecule has 88 valence electrons. The predicted octanol–water partition coefficient (Wildman–Crippen LogP) is 2.63. The van der Waals surface area contributed by atoms with Crippen molar-refractivity contribution in [3.63, 3.8) is 0 Å². The molecule has 2 rings (SSSR count). The van der Waals surface area contributed by atoms with Gasteiger partial charge in [0.2, 0.25) is 0 Å². The zero-order valence-corrected chi connectivity index (χ0v) is 10.3. The van der Waals surface area contributed by atoms with Gasteiger partial charge in [-0.15, -0.1) is 0 Å². The van der Waals surface area contributed by atoms with E-state index in [2.05, 4.69) is 10.3 Å². The fourth-order valence-corrected chi connectivity index (χ4v) is 2.01. The number of aromatic nitrogens is 1. The van der Waals surface area contributed by atoms with E-state index in [-0.39, 0.29) is 6.04 Å². The lowest BCUT2D eigenvalue weighted by Gasteiger charge is -2.18. The summed E-state index contributed by atoms with van der Waals surface area (Å²) < 4.78 is 0. The van der Waals surface area contributed by atoms with Crippen molar-refractivity contribution in [1.29, 1.82) is 0 Å². The zero-order chi connectivity index (χ0) is 12.3. The molecule has 0 saturated heterocycles. The number of nitrogens with two attached hydrogens (primary N) is 1. The third-order valence-electron chi connectivity index (χ3n) is 2.65. The maximum Gasteiger partial charge on any atom is 0.128 e. The molecule has 3 nitrogen and oxygen atoms in total. The van der Waals surface area contributed by atoms with Gasteiger partial charge in [-0.3, -0.25) is 0 Å². The summed E-state index contributed by atoms with van der Waals surface area (Å²) in [6.45, 7) is 0. The summed E-state index contributed by atoms with van der Waals surface area (Å²) in [5.74, 6) is 0.498. The van der Waals surface area contributed by atoms with Gasteiger partial charge in [0, 0.05) is 11.8 Å². The molecule has 17 heavy (non-hydrogen) atoms. The van der Waals surface area contributed by atoms with Crippen molar-refractivity contribution in [2.75, 3.05) is 12.8 Å². The minimum absolute atomic E-state index is 0.00222. The van der Waals surface area contributed by atoms with E-state index >= 15 is 0 Å². The van der Waals surface area contributed by atoms with E-state index < -0.39 is 0 Å². The molecule has 4 heteroatoms. The van der Waals surface area contributed by atoms with E-state index in [1.807, 2.05) is 43.4 Å². The topological polar surface area (TPSA) is 50.9 Å². The van der Waals surface area contributed by atoms with E-state index in [1.54, 1.807) is 6.20 Å². The van der Waals surface area contributed by atoms with Gasteiger partial charge in [0.05, 0.1) is 11.1 Å². The van der Waals surface area contributed by atoms with Gasteiger partial charge in [0.15, 0.2) is 0 Å². The maximum atomic E-state index is 5.96. The number of halogens is 1. The average molecular weight is 248 g/mol. The smallest absolute Gasteiger partial charge is 0.128 e. The van der Waals surface area contributed by atoms with Crippen molar-refractivity contribution in [1.82, 2.24) is 10.3 Å². The Hall–Kier alpha value is -1.58. The van der Waals surface area contributed by atoms with Gasteiger partial charge < -0.3 is 11.1 Å². The molecule has 0 bridgehead atoms. The highest BCUT2D eigenvalue weighted by Gasteiger charge is 2.15. The van der Waals surface area contributed by atoms with Crippen LogP contribution in [-0.2, 0) is 0 Å². The van der Waals surface area contributed by atoms with Crippen LogP contribution >= 0.6 is 11.6 Å². The number of nitrogen functional groups attached to an aromatic ring is 1. The van der Waals surface area contributed by atoms with Crippen molar-refractivity contribution in [3.8, 4) is 0 Å². The Morgan fingerprint density at radius 1 is 1.29 bits per heavy atom. The third-order valence-corrected chi connectivity index (χ3v) is 2.86.